The summed E-state index contributed by atoms with van der Waals surface area (Å²) < 4.78 is 0. The van der Waals surface area contributed by atoms with Gasteiger partial charge in [0.15, 0.2) is 0 Å². The van der Waals surface area contributed by atoms with E-state index in [4.69, 9.17) is 0 Å². The highest BCUT2D eigenvalue weighted by Crippen LogP contribution is 2.17. The fraction of sp³-hybridized carbons (Fsp3) is 0.167. The van der Waals surface area contributed by atoms with Crippen molar-refractivity contribution in [1.29, 1.82) is 0 Å². The molecule has 1 aromatic rings. The van der Waals surface area contributed by atoms with E-state index in [1.54, 1.807) is 0 Å². The van der Waals surface area contributed by atoms with Gasteiger partial charge in [-0.2, -0.15) is 0 Å². The molecular weight excluding hydrogens is 144 g/mol. The Hall–Kier alpha value is -1.30. The minimum atomic E-state index is 1.11. The van der Waals surface area contributed by atoms with Gasteiger partial charge in [-0.3, -0.25) is 0 Å². The van der Waals surface area contributed by atoms with Crippen LogP contribution in [0.5, 0.6) is 0 Å². The maximum atomic E-state index is 3.93. The van der Waals surface area contributed by atoms with Crippen molar-refractivity contribution in [2.45, 2.75) is 13.8 Å². The van der Waals surface area contributed by atoms with Crippen LogP contribution in [0.3, 0.4) is 0 Å². The number of benzene rings is 1. The van der Waals surface area contributed by atoms with Crippen LogP contribution in [-0.4, -0.2) is 0 Å². The third-order valence-corrected chi connectivity index (χ3v) is 1.77. The van der Waals surface area contributed by atoms with Gasteiger partial charge in [-0.05, 0) is 25.0 Å². The first-order valence-electron chi connectivity index (χ1n) is 4.13. The van der Waals surface area contributed by atoms with Gasteiger partial charge >= 0.3 is 0 Å². The van der Waals surface area contributed by atoms with Gasteiger partial charge in [0.25, 0.3) is 0 Å². The lowest BCUT2D eigenvalue weighted by molar-refractivity contribution is 1.54. The van der Waals surface area contributed by atoms with E-state index in [1.165, 1.54) is 11.1 Å². The summed E-state index contributed by atoms with van der Waals surface area (Å²) in [6.07, 6.45) is 4.14. The molecule has 0 unspecified atom stereocenters. The van der Waals surface area contributed by atoms with E-state index in [-0.39, 0.29) is 0 Å². The third-order valence-electron chi connectivity index (χ3n) is 1.77. The highest BCUT2D eigenvalue weighted by molar-refractivity contribution is 5.71. The van der Waals surface area contributed by atoms with Gasteiger partial charge in [0.1, 0.15) is 0 Å². The van der Waals surface area contributed by atoms with E-state index < -0.39 is 0 Å². The Morgan fingerprint density at radius 2 is 2.00 bits per heavy atom. The second kappa shape index (κ2) is 3.91. The zero-order chi connectivity index (χ0) is 8.97. The number of rotatable bonds is 2. The Kier molecular flexibility index (Phi) is 2.87. The predicted octanol–water partition coefficient (Wildman–Crippen LogP) is 3.75. The molecule has 0 nitrogen and oxygen atoms in total. The van der Waals surface area contributed by atoms with Crippen LogP contribution in [0.15, 0.2) is 36.9 Å². The maximum absolute atomic E-state index is 3.93. The van der Waals surface area contributed by atoms with Crippen molar-refractivity contribution in [3.63, 3.8) is 0 Å². The van der Waals surface area contributed by atoms with Gasteiger partial charge in [0.05, 0.1) is 0 Å². The van der Waals surface area contributed by atoms with Crippen LogP contribution < -0.4 is 0 Å². The molecule has 0 fully saturated rings. The molecule has 62 valence electrons. The Labute approximate surface area is 74.2 Å². The van der Waals surface area contributed by atoms with Gasteiger partial charge in [0.2, 0.25) is 0 Å². The second-order valence-electron chi connectivity index (χ2n) is 2.87. The van der Waals surface area contributed by atoms with E-state index in [0.717, 1.165) is 5.57 Å². The first-order valence-corrected chi connectivity index (χ1v) is 4.13. The summed E-state index contributed by atoms with van der Waals surface area (Å²) in [5.74, 6) is 0. The van der Waals surface area contributed by atoms with E-state index in [1.807, 2.05) is 32.1 Å². The van der Waals surface area contributed by atoms with Crippen molar-refractivity contribution in [2.75, 3.05) is 0 Å². The summed E-state index contributed by atoms with van der Waals surface area (Å²) in [6, 6.07) is 8.28. The van der Waals surface area contributed by atoms with Crippen molar-refractivity contribution >= 4 is 11.6 Å². The van der Waals surface area contributed by atoms with Crippen LogP contribution in [0.4, 0.5) is 0 Å². The van der Waals surface area contributed by atoms with Crippen molar-refractivity contribution in [2.24, 2.45) is 0 Å². The first-order chi connectivity index (χ1) is 5.75. The lowest BCUT2D eigenvalue weighted by Gasteiger charge is -2.03. The predicted molar refractivity (Wildman–Crippen MR) is 55.9 cm³/mol. The molecule has 0 saturated heterocycles. The van der Waals surface area contributed by atoms with Crippen molar-refractivity contribution < 1.29 is 0 Å². The smallest absolute Gasteiger partial charge is 0.0161 e. The third kappa shape index (κ3) is 1.85. The Morgan fingerprint density at radius 1 is 1.33 bits per heavy atom. The zero-order valence-corrected chi connectivity index (χ0v) is 7.67. The molecule has 1 aromatic carbocycles. The molecule has 0 aliphatic heterocycles. The molecule has 0 saturated carbocycles. The minimum Gasteiger partial charge on any atom is -0.0955 e. The standard InChI is InChI=1S/C12H14/c1-4-7-11-8-5-6-9-12(11)10(2)3/h4-9H,2H2,1,3H3/b7-4-. The van der Waals surface area contributed by atoms with E-state index in [0.29, 0.717) is 0 Å². The van der Waals surface area contributed by atoms with Gasteiger partial charge in [-0.25, -0.2) is 0 Å². The monoisotopic (exact) mass is 158 g/mol. The normalized spacial score (nSPS) is 10.5. The molecule has 1 rings (SSSR count). The zero-order valence-electron chi connectivity index (χ0n) is 7.67. The average molecular weight is 158 g/mol. The van der Waals surface area contributed by atoms with Crippen LogP contribution in [0.1, 0.15) is 25.0 Å². The number of hydrogen-bond donors (Lipinski definition) is 0. The Morgan fingerprint density at radius 3 is 2.58 bits per heavy atom. The summed E-state index contributed by atoms with van der Waals surface area (Å²) in [5, 5.41) is 0. The maximum Gasteiger partial charge on any atom is -0.0161 e. The van der Waals surface area contributed by atoms with E-state index in [9.17, 15) is 0 Å². The lowest BCUT2D eigenvalue weighted by atomic mass is 10.0. The van der Waals surface area contributed by atoms with Gasteiger partial charge in [-0.1, -0.05) is 48.6 Å². The molecule has 0 aliphatic carbocycles. The molecular formula is C12H14. The molecule has 0 heteroatoms. The molecule has 0 aromatic heterocycles. The van der Waals surface area contributed by atoms with Gasteiger partial charge in [0, 0.05) is 0 Å². The van der Waals surface area contributed by atoms with Crippen LogP contribution in [0, 0.1) is 0 Å². The molecule has 0 radical (unpaired) electrons. The molecule has 0 aliphatic rings. The van der Waals surface area contributed by atoms with Crippen molar-refractivity contribution in [3.05, 3.63) is 48.0 Å². The molecule has 12 heavy (non-hydrogen) atoms. The SMILES string of the molecule is C=C(C)c1ccccc1/C=C\C. The quantitative estimate of drug-likeness (QED) is 0.615. The summed E-state index contributed by atoms with van der Waals surface area (Å²) in [4.78, 5) is 0. The van der Waals surface area contributed by atoms with Crippen LogP contribution in [0.25, 0.3) is 11.6 Å². The lowest BCUT2D eigenvalue weighted by Crippen LogP contribution is -1.82. The largest absolute Gasteiger partial charge is 0.0955 e. The summed E-state index contributed by atoms with van der Waals surface area (Å²) in [5.41, 5.74) is 3.59. The van der Waals surface area contributed by atoms with Crippen LogP contribution in [-0.2, 0) is 0 Å². The number of hydrogen-bond acceptors (Lipinski definition) is 0. The molecule has 0 spiro atoms. The number of allylic oxidation sites excluding steroid dienone is 2. The average Bonchev–Trinajstić information content (AvgIpc) is 2.05. The highest BCUT2D eigenvalue weighted by Gasteiger charge is 1.96. The molecule has 0 atom stereocenters. The molecule has 0 N–H and O–H groups in total. The Balaban J connectivity index is 3.17. The second-order valence-corrected chi connectivity index (χ2v) is 2.87. The molecule has 0 heterocycles. The first kappa shape index (κ1) is 8.79. The summed E-state index contributed by atoms with van der Waals surface area (Å²) >= 11 is 0. The fourth-order valence-electron chi connectivity index (χ4n) is 1.21. The fourth-order valence-corrected chi connectivity index (χ4v) is 1.21. The van der Waals surface area contributed by atoms with Gasteiger partial charge in [-0.15, -0.1) is 0 Å². The van der Waals surface area contributed by atoms with E-state index >= 15 is 0 Å². The van der Waals surface area contributed by atoms with Crippen LogP contribution in [0.2, 0.25) is 0 Å². The van der Waals surface area contributed by atoms with Crippen molar-refractivity contribution in [1.82, 2.24) is 0 Å². The highest BCUT2D eigenvalue weighted by atomic mass is 14.0. The van der Waals surface area contributed by atoms with Crippen LogP contribution >= 0.6 is 0 Å². The van der Waals surface area contributed by atoms with Gasteiger partial charge < -0.3 is 0 Å². The summed E-state index contributed by atoms with van der Waals surface area (Å²) in [6.45, 7) is 7.99. The molecule has 0 bridgehead atoms. The van der Waals surface area contributed by atoms with E-state index in [2.05, 4.69) is 24.8 Å². The topological polar surface area (TPSA) is 0 Å². The van der Waals surface area contributed by atoms with Crippen molar-refractivity contribution in [3.8, 4) is 0 Å². The Bertz CT molecular complexity index is 306. The molecule has 0 amide bonds. The summed E-state index contributed by atoms with van der Waals surface area (Å²) in [7, 11) is 0. The minimum absolute atomic E-state index is 1.11.